The first kappa shape index (κ1) is 24.2. The Morgan fingerprint density at radius 2 is 1.65 bits per heavy atom. The van der Waals surface area contributed by atoms with E-state index in [1.165, 1.54) is 5.56 Å². The summed E-state index contributed by atoms with van der Waals surface area (Å²) in [5.41, 5.74) is 6.11. The molecule has 1 amide bonds. The van der Waals surface area contributed by atoms with Crippen LogP contribution in [-0.4, -0.2) is 46.5 Å². The highest BCUT2D eigenvalue weighted by molar-refractivity contribution is 5.92. The van der Waals surface area contributed by atoms with Crippen LogP contribution in [0.4, 0.5) is 0 Å². The number of ether oxygens (including phenoxy) is 3. The predicted molar refractivity (Wildman–Crippen MR) is 142 cm³/mol. The van der Waals surface area contributed by atoms with Crippen LogP contribution in [0.3, 0.4) is 0 Å². The maximum absolute atomic E-state index is 13.2. The summed E-state index contributed by atoms with van der Waals surface area (Å²) >= 11 is 0. The van der Waals surface area contributed by atoms with Gasteiger partial charge >= 0.3 is 0 Å². The lowest BCUT2D eigenvalue weighted by Gasteiger charge is -2.17. The lowest BCUT2D eigenvalue weighted by atomic mass is 10.1. The van der Waals surface area contributed by atoms with E-state index in [1.807, 2.05) is 41.3 Å². The SMILES string of the molecule is COc1cc(/C=C/C(=O)N2Cc3nn(-c4ccc(C)cc4C)c(-n4cccc4)c3C2)cc(OC)c1OC. The van der Waals surface area contributed by atoms with Crippen molar-refractivity contribution in [2.75, 3.05) is 21.3 Å². The van der Waals surface area contributed by atoms with E-state index in [9.17, 15) is 4.79 Å². The Morgan fingerprint density at radius 1 is 0.946 bits per heavy atom. The molecule has 0 spiro atoms. The Labute approximate surface area is 216 Å². The number of amides is 1. The van der Waals surface area contributed by atoms with Gasteiger partial charge in [-0.3, -0.25) is 4.79 Å². The molecular weight excluding hydrogens is 468 g/mol. The van der Waals surface area contributed by atoms with Crippen LogP contribution in [0.1, 0.15) is 27.9 Å². The number of aryl methyl sites for hydroxylation is 2. The molecule has 0 radical (unpaired) electrons. The molecule has 0 saturated carbocycles. The number of carbonyl (C=O) groups excluding carboxylic acids is 1. The van der Waals surface area contributed by atoms with E-state index in [0.717, 1.165) is 33.9 Å². The third-order valence-electron chi connectivity index (χ3n) is 6.58. The molecule has 37 heavy (non-hydrogen) atoms. The minimum Gasteiger partial charge on any atom is -0.493 e. The van der Waals surface area contributed by atoms with Gasteiger partial charge in [0, 0.05) is 24.0 Å². The third kappa shape index (κ3) is 4.46. The Morgan fingerprint density at radius 3 is 2.27 bits per heavy atom. The smallest absolute Gasteiger partial charge is 0.247 e. The third-order valence-corrected chi connectivity index (χ3v) is 6.58. The van der Waals surface area contributed by atoms with Crippen LogP contribution < -0.4 is 14.2 Å². The summed E-state index contributed by atoms with van der Waals surface area (Å²) in [4.78, 5) is 15.0. The quantitative estimate of drug-likeness (QED) is 0.340. The fraction of sp³-hybridized carbons (Fsp3) is 0.241. The number of fused-ring (bicyclic) bond motifs is 1. The van der Waals surface area contributed by atoms with Gasteiger partial charge in [0.1, 0.15) is 5.82 Å². The number of nitrogens with zero attached hydrogens (tertiary/aromatic N) is 4. The number of aromatic nitrogens is 3. The summed E-state index contributed by atoms with van der Waals surface area (Å²) in [5, 5.41) is 4.95. The van der Waals surface area contributed by atoms with Crippen LogP contribution in [0.2, 0.25) is 0 Å². The number of carbonyl (C=O) groups is 1. The van der Waals surface area contributed by atoms with Crippen molar-refractivity contribution in [2.45, 2.75) is 26.9 Å². The minimum atomic E-state index is -0.0942. The summed E-state index contributed by atoms with van der Waals surface area (Å²) in [7, 11) is 4.69. The first-order chi connectivity index (χ1) is 17.9. The second-order valence-corrected chi connectivity index (χ2v) is 9.03. The fourth-order valence-corrected chi connectivity index (χ4v) is 4.78. The first-order valence-corrected chi connectivity index (χ1v) is 12.0. The van der Waals surface area contributed by atoms with Gasteiger partial charge in [-0.25, -0.2) is 4.68 Å². The van der Waals surface area contributed by atoms with Crippen molar-refractivity contribution < 1.29 is 19.0 Å². The Hall–Kier alpha value is -4.46. The average Bonchev–Trinajstić information content (AvgIpc) is 3.63. The molecule has 8 heteroatoms. The molecule has 8 nitrogen and oxygen atoms in total. The first-order valence-electron chi connectivity index (χ1n) is 12.0. The number of hydrogen-bond donors (Lipinski definition) is 0. The van der Waals surface area contributed by atoms with Gasteiger partial charge < -0.3 is 23.7 Å². The molecule has 1 aliphatic heterocycles. The highest BCUT2D eigenvalue weighted by Gasteiger charge is 2.31. The second kappa shape index (κ2) is 9.89. The topological polar surface area (TPSA) is 70.8 Å². The van der Waals surface area contributed by atoms with Crippen LogP contribution in [-0.2, 0) is 17.9 Å². The zero-order chi connectivity index (χ0) is 26.1. The van der Waals surface area contributed by atoms with E-state index >= 15 is 0 Å². The van der Waals surface area contributed by atoms with Crippen LogP contribution in [0.25, 0.3) is 17.6 Å². The molecule has 0 N–H and O–H groups in total. The van der Waals surface area contributed by atoms with E-state index in [4.69, 9.17) is 19.3 Å². The van der Waals surface area contributed by atoms with E-state index in [2.05, 4.69) is 36.6 Å². The summed E-state index contributed by atoms with van der Waals surface area (Å²) in [6, 6.07) is 13.9. The van der Waals surface area contributed by atoms with Gasteiger partial charge in [-0.2, -0.15) is 5.10 Å². The van der Waals surface area contributed by atoms with Gasteiger partial charge in [0.25, 0.3) is 0 Å². The lowest BCUT2D eigenvalue weighted by Crippen LogP contribution is -2.24. The number of rotatable bonds is 7. The molecule has 1 aliphatic rings. The largest absolute Gasteiger partial charge is 0.493 e. The molecule has 3 heterocycles. The van der Waals surface area contributed by atoms with Gasteiger partial charge in [0.15, 0.2) is 11.5 Å². The molecular formula is C29H30N4O4. The van der Waals surface area contributed by atoms with Crippen LogP contribution >= 0.6 is 0 Å². The van der Waals surface area contributed by atoms with E-state index in [0.29, 0.717) is 30.3 Å². The maximum atomic E-state index is 13.2. The van der Waals surface area contributed by atoms with Gasteiger partial charge in [0.2, 0.25) is 11.7 Å². The molecule has 0 saturated heterocycles. The van der Waals surface area contributed by atoms with E-state index in [-0.39, 0.29) is 5.91 Å². The second-order valence-electron chi connectivity index (χ2n) is 9.03. The molecule has 0 aliphatic carbocycles. The van der Waals surface area contributed by atoms with Gasteiger partial charge in [-0.05, 0) is 61.4 Å². The molecule has 2 aromatic heterocycles. The summed E-state index contributed by atoms with van der Waals surface area (Å²) in [6.07, 6.45) is 7.34. The molecule has 190 valence electrons. The molecule has 4 aromatic rings. The maximum Gasteiger partial charge on any atom is 0.247 e. The molecule has 0 unspecified atom stereocenters. The zero-order valence-electron chi connectivity index (χ0n) is 21.7. The highest BCUT2D eigenvalue weighted by atomic mass is 16.5. The van der Waals surface area contributed by atoms with Crippen molar-refractivity contribution in [3.63, 3.8) is 0 Å². The van der Waals surface area contributed by atoms with Crippen molar-refractivity contribution in [3.05, 3.63) is 88.9 Å². The van der Waals surface area contributed by atoms with Crippen molar-refractivity contribution >= 4 is 12.0 Å². The molecule has 5 rings (SSSR count). The van der Waals surface area contributed by atoms with E-state index < -0.39 is 0 Å². The zero-order valence-corrected chi connectivity index (χ0v) is 21.7. The van der Waals surface area contributed by atoms with Crippen LogP contribution in [0.5, 0.6) is 17.2 Å². The van der Waals surface area contributed by atoms with Crippen molar-refractivity contribution in [3.8, 4) is 28.8 Å². The van der Waals surface area contributed by atoms with Crippen molar-refractivity contribution in [1.82, 2.24) is 19.2 Å². The Bertz CT molecular complexity index is 1460. The van der Waals surface area contributed by atoms with Crippen LogP contribution in [0.15, 0.2) is 60.9 Å². The Kier molecular flexibility index (Phi) is 6.48. The van der Waals surface area contributed by atoms with Gasteiger partial charge in [0.05, 0.1) is 45.8 Å². The predicted octanol–water partition coefficient (Wildman–Crippen LogP) is 4.86. The van der Waals surface area contributed by atoms with Gasteiger partial charge in [-0.15, -0.1) is 0 Å². The van der Waals surface area contributed by atoms with Gasteiger partial charge in [-0.1, -0.05) is 17.7 Å². The highest BCUT2D eigenvalue weighted by Crippen LogP contribution is 2.38. The van der Waals surface area contributed by atoms with Crippen molar-refractivity contribution in [2.24, 2.45) is 0 Å². The van der Waals surface area contributed by atoms with E-state index in [1.54, 1.807) is 38.4 Å². The lowest BCUT2D eigenvalue weighted by molar-refractivity contribution is -0.126. The standard InChI is InChI=1S/C29H30N4O4/c1-19-8-10-24(20(2)14-19)33-29(31-12-6-7-13-31)22-17-32(18-23(22)30-33)27(34)11-9-21-15-25(35-3)28(37-5)26(16-21)36-4/h6-16H,17-18H2,1-5H3/b11-9+. The summed E-state index contributed by atoms with van der Waals surface area (Å²) in [6.45, 7) is 5.10. The minimum absolute atomic E-state index is 0.0942. The summed E-state index contributed by atoms with van der Waals surface area (Å²) in [5.74, 6) is 2.44. The summed E-state index contributed by atoms with van der Waals surface area (Å²) < 4.78 is 20.3. The fourth-order valence-electron chi connectivity index (χ4n) is 4.78. The molecule has 0 atom stereocenters. The molecule has 2 aromatic carbocycles. The van der Waals surface area contributed by atoms with Crippen molar-refractivity contribution in [1.29, 1.82) is 0 Å². The molecule has 0 fully saturated rings. The Balaban J connectivity index is 1.43. The monoisotopic (exact) mass is 498 g/mol. The normalized spacial score (nSPS) is 12.7. The van der Waals surface area contributed by atoms with Crippen LogP contribution in [0, 0.1) is 13.8 Å². The number of methoxy groups -OCH3 is 3. The molecule has 0 bridgehead atoms. The number of hydrogen-bond acceptors (Lipinski definition) is 5. The average molecular weight is 499 g/mol. The number of benzene rings is 2.